The molecule has 0 radical (unpaired) electrons. The summed E-state index contributed by atoms with van der Waals surface area (Å²) in [5, 5.41) is 23.0. The number of aliphatic hydroxyl groups is 2. The number of hydrogen-bond donors (Lipinski definition) is 3. The van der Waals surface area contributed by atoms with Crippen molar-refractivity contribution >= 4 is 11.9 Å². The third-order valence-corrected chi connectivity index (χ3v) is 12.1. The molecule has 0 saturated heterocycles. The Kier molecular flexibility index (Phi) is 47.1. The van der Waals surface area contributed by atoms with Crippen LogP contribution in [0.1, 0.15) is 284 Å². The summed E-state index contributed by atoms with van der Waals surface area (Å²) in [7, 11) is 0. The number of esters is 1. The van der Waals surface area contributed by atoms with Crippen molar-refractivity contribution in [3.05, 3.63) is 12.2 Å². The topological polar surface area (TPSA) is 95.9 Å². The number of hydrogen-bond acceptors (Lipinski definition) is 5. The molecule has 0 saturated carbocycles. The maximum Gasteiger partial charge on any atom is 0.305 e. The van der Waals surface area contributed by atoms with Crippen molar-refractivity contribution < 1.29 is 24.5 Å². The maximum absolute atomic E-state index is 12.4. The molecule has 0 aliphatic rings. The first-order chi connectivity index (χ1) is 28.5. The first kappa shape index (κ1) is 56.6. The zero-order valence-electron chi connectivity index (χ0n) is 39.0. The van der Waals surface area contributed by atoms with Crippen molar-refractivity contribution in [2.75, 3.05) is 13.2 Å². The molecular formula is C52H101NO5. The van der Waals surface area contributed by atoms with Crippen molar-refractivity contribution in [2.24, 2.45) is 0 Å². The highest BCUT2D eigenvalue weighted by Crippen LogP contribution is 2.16. The van der Waals surface area contributed by atoms with E-state index in [0.29, 0.717) is 25.9 Å². The summed E-state index contributed by atoms with van der Waals surface area (Å²) in [6.45, 7) is 4.91. The third kappa shape index (κ3) is 44.2. The van der Waals surface area contributed by atoms with Crippen LogP contribution in [0.25, 0.3) is 0 Å². The van der Waals surface area contributed by atoms with Gasteiger partial charge < -0.3 is 20.3 Å². The Labute approximate surface area is 361 Å². The maximum atomic E-state index is 12.4. The molecule has 0 bridgehead atoms. The summed E-state index contributed by atoms with van der Waals surface area (Å²) in [6, 6.07) is -0.550. The van der Waals surface area contributed by atoms with Gasteiger partial charge in [-0.05, 0) is 51.4 Å². The molecular weight excluding hydrogens is 719 g/mol. The quantitative estimate of drug-likeness (QED) is 0.0323. The smallest absolute Gasteiger partial charge is 0.305 e. The number of nitrogens with one attached hydrogen (secondary N) is 1. The SMILES string of the molecule is CCCCCCCCCCCCCCCCCCC(=O)OCCCCCCCCC/C=C\CCCCCCCC(=O)NC(CO)C(O)CCCCCCCCCCC. The van der Waals surface area contributed by atoms with E-state index in [9.17, 15) is 19.8 Å². The van der Waals surface area contributed by atoms with Gasteiger partial charge in [0.25, 0.3) is 0 Å². The lowest BCUT2D eigenvalue weighted by molar-refractivity contribution is -0.143. The first-order valence-electron chi connectivity index (χ1n) is 25.9. The van der Waals surface area contributed by atoms with E-state index in [1.54, 1.807) is 0 Å². The summed E-state index contributed by atoms with van der Waals surface area (Å²) in [4.78, 5) is 24.4. The van der Waals surface area contributed by atoms with Gasteiger partial charge in [0, 0.05) is 12.8 Å². The number of unbranched alkanes of at least 4 members (excludes halogenated alkanes) is 35. The number of carbonyl (C=O) groups excluding carboxylic acids is 2. The molecule has 0 aliphatic heterocycles. The zero-order chi connectivity index (χ0) is 42.3. The van der Waals surface area contributed by atoms with Gasteiger partial charge in [-0.2, -0.15) is 0 Å². The Morgan fingerprint density at radius 2 is 0.810 bits per heavy atom. The standard InChI is InChI=1S/C52H101NO5/c1-3-5-7-9-11-13-14-15-16-20-23-26-30-34-38-42-46-52(57)58-47-43-39-35-31-27-24-21-18-17-19-22-25-29-33-37-41-45-51(56)53-49(48-54)50(55)44-40-36-32-28-12-10-8-6-4-2/h17,19,49-50,54-55H,3-16,18,20-48H2,1-2H3,(H,53,56)/b19-17-. The van der Waals surface area contributed by atoms with Crippen LogP contribution >= 0.6 is 0 Å². The number of amides is 1. The van der Waals surface area contributed by atoms with Crippen LogP contribution in [0.15, 0.2) is 12.2 Å². The largest absolute Gasteiger partial charge is 0.466 e. The Morgan fingerprint density at radius 1 is 0.466 bits per heavy atom. The Balaban J connectivity index is 3.42. The number of ether oxygens (including phenoxy) is 1. The minimum Gasteiger partial charge on any atom is -0.466 e. The molecule has 3 N–H and O–H groups in total. The fourth-order valence-corrected chi connectivity index (χ4v) is 8.05. The van der Waals surface area contributed by atoms with E-state index in [2.05, 4.69) is 31.3 Å². The highest BCUT2D eigenvalue weighted by molar-refractivity contribution is 5.76. The van der Waals surface area contributed by atoms with Crippen LogP contribution in [0, 0.1) is 0 Å². The Hall–Kier alpha value is -1.40. The van der Waals surface area contributed by atoms with E-state index in [0.717, 1.165) is 64.2 Å². The molecule has 58 heavy (non-hydrogen) atoms. The number of rotatable bonds is 48. The second kappa shape index (κ2) is 48.3. The lowest BCUT2D eigenvalue weighted by Gasteiger charge is -2.22. The van der Waals surface area contributed by atoms with Crippen molar-refractivity contribution in [3.8, 4) is 0 Å². The van der Waals surface area contributed by atoms with Crippen molar-refractivity contribution in [1.82, 2.24) is 5.32 Å². The first-order valence-corrected chi connectivity index (χ1v) is 25.9. The van der Waals surface area contributed by atoms with E-state index in [1.807, 2.05) is 0 Å². The summed E-state index contributed by atoms with van der Waals surface area (Å²) in [6.07, 6.45) is 54.8. The number of allylic oxidation sites excluding steroid dienone is 2. The molecule has 0 aromatic heterocycles. The van der Waals surface area contributed by atoms with Gasteiger partial charge in [0.1, 0.15) is 0 Å². The van der Waals surface area contributed by atoms with E-state index in [-0.39, 0.29) is 18.5 Å². The van der Waals surface area contributed by atoms with E-state index in [1.165, 1.54) is 186 Å². The molecule has 0 aromatic rings. The molecule has 2 atom stereocenters. The van der Waals surface area contributed by atoms with Gasteiger partial charge in [-0.25, -0.2) is 0 Å². The van der Waals surface area contributed by atoms with Crippen LogP contribution in [0.2, 0.25) is 0 Å². The van der Waals surface area contributed by atoms with Crippen LogP contribution in [0.3, 0.4) is 0 Å². The fraction of sp³-hybridized carbons (Fsp3) is 0.923. The fourth-order valence-electron chi connectivity index (χ4n) is 8.05. The summed E-state index contributed by atoms with van der Waals surface area (Å²) in [5.41, 5.74) is 0. The van der Waals surface area contributed by atoms with Crippen LogP contribution in [0.5, 0.6) is 0 Å². The Bertz CT molecular complexity index is 863. The van der Waals surface area contributed by atoms with Crippen molar-refractivity contribution in [3.63, 3.8) is 0 Å². The number of carbonyl (C=O) groups is 2. The van der Waals surface area contributed by atoms with Gasteiger partial charge >= 0.3 is 5.97 Å². The second-order valence-corrected chi connectivity index (χ2v) is 17.9. The van der Waals surface area contributed by atoms with Crippen LogP contribution in [-0.4, -0.2) is 47.4 Å². The Morgan fingerprint density at radius 3 is 1.22 bits per heavy atom. The normalized spacial score (nSPS) is 12.7. The van der Waals surface area contributed by atoms with Crippen molar-refractivity contribution in [2.45, 2.75) is 296 Å². The molecule has 344 valence electrons. The average molecular weight is 820 g/mol. The lowest BCUT2D eigenvalue weighted by atomic mass is 10.0. The van der Waals surface area contributed by atoms with E-state index >= 15 is 0 Å². The number of aliphatic hydroxyl groups excluding tert-OH is 2. The van der Waals surface area contributed by atoms with E-state index < -0.39 is 12.1 Å². The van der Waals surface area contributed by atoms with Gasteiger partial charge in [-0.15, -0.1) is 0 Å². The molecule has 0 fully saturated rings. The minimum atomic E-state index is -0.671. The van der Waals surface area contributed by atoms with Gasteiger partial charge in [0.05, 0.1) is 25.4 Å². The van der Waals surface area contributed by atoms with Gasteiger partial charge in [0.15, 0.2) is 0 Å². The molecule has 0 aliphatic carbocycles. The monoisotopic (exact) mass is 820 g/mol. The van der Waals surface area contributed by atoms with Crippen molar-refractivity contribution in [1.29, 1.82) is 0 Å². The molecule has 0 rings (SSSR count). The molecule has 0 heterocycles. The summed E-state index contributed by atoms with van der Waals surface area (Å²) >= 11 is 0. The van der Waals surface area contributed by atoms with Crippen LogP contribution in [-0.2, 0) is 14.3 Å². The lowest BCUT2D eigenvalue weighted by Crippen LogP contribution is -2.45. The molecule has 0 aromatic carbocycles. The highest BCUT2D eigenvalue weighted by atomic mass is 16.5. The summed E-state index contributed by atoms with van der Waals surface area (Å²) in [5.74, 6) is -0.0537. The predicted molar refractivity (Wildman–Crippen MR) is 250 cm³/mol. The van der Waals surface area contributed by atoms with Crippen LogP contribution in [0.4, 0.5) is 0 Å². The second-order valence-electron chi connectivity index (χ2n) is 17.9. The highest BCUT2D eigenvalue weighted by Gasteiger charge is 2.20. The van der Waals surface area contributed by atoms with E-state index in [4.69, 9.17) is 4.74 Å². The van der Waals surface area contributed by atoms with Gasteiger partial charge in [0.2, 0.25) is 5.91 Å². The third-order valence-electron chi connectivity index (χ3n) is 12.1. The van der Waals surface area contributed by atoms with Gasteiger partial charge in [-0.1, -0.05) is 231 Å². The molecule has 6 heteroatoms. The molecule has 1 amide bonds. The molecule has 2 unspecified atom stereocenters. The summed E-state index contributed by atoms with van der Waals surface area (Å²) < 4.78 is 5.47. The van der Waals surface area contributed by atoms with Gasteiger partial charge in [-0.3, -0.25) is 9.59 Å². The zero-order valence-corrected chi connectivity index (χ0v) is 39.0. The molecule has 6 nitrogen and oxygen atoms in total. The van der Waals surface area contributed by atoms with Crippen LogP contribution < -0.4 is 5.32 Å². The minimum absolute atomic E-state index is 0.000411. The average Bonchev–Trinajstić information content (AvgIpc) is 3.22. The molecule has 0 spiro atoms. The predicted octanol–water partition coefficient (Wildman–Crippen LogP) is 15.3.